The van der Waals surface area contributed by atoms with E-state index in [-0.39, 0.29) is 5.91 Å². The van der Waals surface area contributed by atoms with Gasteiger partial charge in [-0.2, -0.15) is 10.1 Å². The minimum atomic E-state index is -0.0760. The summed E-state index contributed by atoms with van der Waals surface area (Å²) in [5.74, 6) is 1.05. The van der Waals surface area contributed by atoms with E-state index >= 15 is 0 Å². The molecule has 1 amide bonds. The maximum atomic E-state index is 12.5. The summed E-state index contributed by atoms with van der Waals surface area (Å²) in [6, 6.07) is 10.2. The van der Waals surface area contributed by atoms with Crippen molar-refractivity contribution >= 4 is 29.4 Å². The van der Waals surface area contributed by atoms with E-state index in [9.17, 15) is 4.79 Å². The Kier molecular flexibility index (Phi) is 5.25. The molecule has 1 saturated carbocycles. The van der Waals surface area contributed by atoms with Crippen LogP contribution in [0.2, 0.25) is 0 Å². The van der Waals surface area contributed by atoms with Gasteiger partial charge in [0.25, 0.3) is 11.9 Å². The first kappa shape index (κ1) is 19.5. The van der Waals surface area contributed by atoms with Crippen LogP contribution in [0.15, 0.2) is 41.6 Å². The summed E-state index contributed by atoms with van der Waals surface area (Å²) in [6.45, 7) is 4.78. The van der Waals surface area contributed by atoms with Gasteiger partial charge in [0.05, 0.1) is 25.0 Å². The molecule has 160 valence electrons. The number of amides is 1. The highest BCUT2D eigenvalue weighted by Crippen LogP contribution is 2.25. The van der Waals surface area contributed by atoms with Crippen molar-refractivity contribution in [3.05, 3.63) is 53.2 Å². The van der Waals surface area contributed by atoms with Gasteiger partial charge in [0.2, 0.25) is 0 Å². The normalized spacial score (nSPS) is 16.7. The maximum absolute atomic E-state index is 12.5. The van der Waals surface area contributed by atoms with E-state index in [0.717, 1.165) is 42.8 Å². The second-order valence-corrected chi connectivity index (χ2v) is 7.95. The Bertz CT molecular complexity index is 1130. The summed E-state index contributed by atoms with van der Waals surface area (Å²) in [5, 5.41) is 11.8. The monoisotopic (exact) mass is 419 g/mol. The van der Waals surface area contributed by atoms with Crippen molar-refractivity contribution < 1.29 is 9.53 Å². The molecule has 0 atom stereocenters. The summed E-state index contributed by atoms with van der Waals surface area (Å²) in [7, 11) is 0. The van der Waals surface area contributed by atoms with Crippen LogP contribution in [0.3, 0.4) is 0 Å². The van der Waals surface area contributed by atoms with E-state index in [1.54, 1.807) is 16.9 Å². The van der Waals surface area contributed by atoms with Crippen LogP contribution in [0.25, 0.3) is 5.52 Å². The maximum Gasteiger partial charge on any atom is 0.263 e. The van der Waals surface area contributed by atoms with Crippen LogP contribution in [-0.2, 0) is 4.74 Å². The Labute approximate surface area is 180 Å². The molecule has 1 aliphatic heterocycles. The number of fused-ring (bicyclic) bond motifs is 1. The lowest BCUT2D eigenvalue weighted by molar-refractivity contribution is 0.0951. The van der Waals surface area contributed by atoms with Crippen LogP contribution in [0.4, 0.5) is 11.8 Å². The highest BCUT2D eigenvalue weighted by molar-refractivity contribution is 5.97. The highest BCUT2D eigenvalue weighted by Gasteiger charge is 2.25. The number of anilines is 2. The predicted molar refractivity (Wildman–Crippen MR) is 119 cm³/mol. The van der Waals surface area contributed by atoms with Gasteiger partial charge in [0.15, 0.2) is 5.82 Å². The van der Waals surface area contributed by atoms with E-state index < -0.39 is 0 Å². The first-order valence-electron chi connectivity index (χ1n) is 10.6. The van der Waals surface area contributed by atoms with Crippen LogP contribution in [0, 0.1) is 6.92 Å². The van der Waals surface area contributed by atoms with Gasteiger partial charge in [-0.15, -0.1) is 5.10 Å². The zero-order valence-electron chi connectivity index (χ0n) is 17.4. The number of benzene rings is 1. The second kappa shape index (κ2) is 8.35. The minimum Gasteiger partial charge on any atom is -0.378 e. The SMILES string of the molecule is Cc1cccc(/C=N/Nc2nc(N3CCOCC3)c3cc(C(=O)NC4CC4)cn3n2)c1. The molecule has 2 aliphatic rings. The number of hydrazone groups is 1. The van der Waals surface area contributed by atoms with Gasteiger partial charge in [0.1, 0.15) is 5.52 Å². The number of carbonyl (C=O) groups excluding carboxylic acids is 1. The number of carbonyl (C=O) groups is 1. The number of nitrogens with zero attached hydrogens (tertiary/aromatic N) is 5. The first-order chi connectivity index (χ1) is 15.2. The zero-order chi connectivity index (χ0) is 21.2. The molecule has 0 unspecified atom stereocenters. The van der Waals surface area contributed by atoms with Gasteiger partial charge in [0, 0.05) is 25.3 Å². The fraction of sp³-hybridized carbons (Fsp3) is 0.364. The van der Waals surface area contributed by atoms with E-state index in [1.165, 1.54) is 5.56 Å². The summed E-state index contributed by atoms with van der Waals surface area (Å²) >= 11 is 0. The Morgan fingerprint density at radius 2 is 2.10 bits per heavy atom. The van der Waals surface area contributed by atoms with Gasteiger partial charge < -0.3 is 15.0 Å². The fourth-order valence-electron chi connectivity index (χ4n) is 3.57. The van der Waals surface area contributed by atoms with Gasteiger partial charge in [-0.05, 0) is 31.4 Å². The summed E-state index contributed by atoms with van der Waals surface area (Å²) in [6.07, 6.45) is 5.57. The third-order valence-electron chi connectivity index (χ3n) is 5.35. The van der Waals surface area contributed by atoms with Crippen LogP contribution in [-0.4, -0.2) is 59.1 Å². The first-order valence-corrected chi connectivity index (χ1v) is 10.6. The Hall–Kier alpha value is -3.46. The lowest BCUT2D eigenvalue weighted by Crippen LogP contribution is -2.37. The summed E-state index contributed by atoms with van der Waals surface area (Å²) in [5.41, 5.74) is 6.46. The van der Waals surface area contributed by atoms with E-state index in [2.05, 4.69) is 25.8 Å². The van der Waals surface area contributed by atoms with Crippen LogP contribution in [0.1, 0.15) is 34.3 Å². The van der Waals surface area contributed by atoms with Gasteiger partial charge in [-0.25, -0.2) is 9.94 Å². The summed E-state index contributed by atoms with van der Waals surface area (Å²) < 4.78 is 7.18. The Morgan fingerprint density at radius 1 is 1.26 bits per heavy atom. The third-order valence-corrected chi connectivity index (χ3v) is 5.35. The minimum absolute atomic E-state index is 0.0760. The molecule has 2 fully saturated rings. The van der Waals surface area contributed by atoms with Crippen LogP contribution in [0.5, 0.6) is 0 Å². The zero-order valence-corrected chi connectivity index (χ0v) is 17.4. The molecule has 2 N–H and O–H groups in total. The van der Waals surface area contributed by atoms with Crippen LogP contribution >= 0.6 is 0 Å². The average molecular weight is 419 g/mol. The molecule has 5 rings (SSSR count). The number of rotatable bonds is 6. The molecule has 3 heterocycles. The molecule has 31 heavy (non-hydrogen) atoms. The molecule has 9 heteroatoms. The Morgan fingerprint density at radius 3 is 2.87 bits per heavy atom. The number of aromatic nitrogens is 3. The largest absolute Gasteiger partial charge is 0.378 e. The quantitative estimate of drug-likeness (QED) is 0.470. The average Bonchev–Trinajstić information content (AvgIpc) is 3.48. The molecule has 2 aromatic heterocycles. The van der Waals surface area contributed by atoms with E-state index in [0.29, 0.717) is 30.8 Å². The van der Waals surface area contributed by atoms with Crippen molar-refractivity contribution in [3.8, 4) is 0 Å². The number of morpholine rings is 1. The highest BCUT2D eigenvalue weighted by atomic mass is 16.5. The molecule has 0 radical (unpaired) electrons. The van der Waals surface area contributed by atoms with Crippen molar-refractivity contribution in [3.63, 3.8) is 0 Å². The number of aryl methyl sites for hydroxylation is 1. The summed E-state index contributed by atoms with van der Waals surface area (Å²) in [4.78, 5) is 19.4. The number of nitrogens with one attached hydrogen (secondary N) is 2. The van der Waals surface area contributed by atoms with E-state index in [4.69, 9.17) is 9.72 Å². The van der Waals surface area contributed by atoms with Crippen molar-refractivity contribution in [2.75, 3.05) is 36.6 Å². The van der Waals surface area contributed by atoms with Gasteiger partial charge in [-0.3, -0.25) is 4.79 Å². The lowest BCUT2D eigenvalue weighted by Gasteiger charge is -2.28. The molecule has 1 aliphatic carbocycles. The number of ether oxygens (including phenoxy) is 1. The van der Waals surface area contributed by atoms with Crippen molar-refractivity contribution in [2.45, 2.75) is 25.8 Å². The standard InChI is InChI=1S/C22H25N7O2/c1-15-3-2-4-16(11-15)13-23-26-22-25-20(28-7-9-31-10-8-28)19-12-17(14-29(19)27-22)21(30)24-18-5-6-18/h2-4,11-14,18H,5-10H2,1H3,(H,24,30)(H,26,27)/b23-13+. The van der Waals surface area contributed by atoms with Crippen molar-refractivity contribution in [1.82, 2.24) is 19.9 Å². The molecule has 1 saturated heterocycles. The topological polar surface area (TPSA) is 96.1 Å². The smallest absolute Gasteiger partial charge is 0.263 e. The number of hydrogen-bond donors (Lipinski definition) is 2. The molecule has 1 aromatic carbocycles. The van der Waals surface area contributed by atoms with Gasteiger partial charge in [-0.1, -0.05) is 29.8 Å². The molecular formula is C22H25N7O2. The fourth-order valence-corrected chi connectivity index (χ4v) is 3.57. The molecule has 9 nitrogen and oxygen atoms in total. The lowest BCUT2D eigenvalue weighted by atomic mass is 10.2. The van der Waals surface area contributed by atoms with Crippen LogP contribution < -0.4 is 15.6 Å². The Balaban J connectivity index is 1.45. The second-order valence-electron chi connectivity index (χ2n) is 7.95. The molecular weight excluding hydrogens is 394 g/mol. The predicted octanol–water partition coefficient (Wildman–Crippen LogP) is 2.21. The number of hydrogen-bond acceptors (Lipinski definition) is 7. The van der Waals surface area contributed by atoms with Crippen molar-refractivity contribution in [2.24, 2.45) is 5.10 Å². The molecule has 3 aromatic rings. The molecule has 0 spiro atoms. The third kappa shape index (κ3) is 4.51. The van der Waals surface area contributed by atoms with E-state index in [1.807, 2.05) is 37.3 Å². The van der Waals surface area contributed by atoms with Gasteiger partial charge >= 0.3 is 0 Å². The van der Waals surface area contributed by atoms with Crippen molar-refractivity contribution in [1.29, 1.82) is 0 Å². The molecule has 0 bridgehead atoms.